The summed E-state index contributed by atoms with van der Waals surface area (Å²) in [5, 5.41) is 23.0. The van der Waals surface area contributed by atoms with Gasteiger partial charge < -0.3 is 25.0 Å². The van der Waals surface area contributed by atoms with Crippen molar-refractivity contribution >= 4 is 17.6 Å². The van der Waals surface area contributed by atoms with E-state index in [9.17, 15) is 9.90 Å². The molecule has 0 bridgehead atoms. The fourth-order valence-corrected chi connectivity index (χ4v) is 3.43. The normalized spacial score (nSPS) is 17.7. The molecule has 3 N–H and O–H groups in total. The Hall–Kier alpha value is -2.28. The molecule has 1 unspecified atom stereocenters. The first-order valence-electron chi connectivity index (χ1n) is 9.72. The van der Waals surface area contributed by atoms with Crippen LogP contribution in [-0.2, 0) is 11.2 Å². The van der Waals surface area contributed by atoms with Crippen LogP contribution in [-0.4, -0.2) is 48.1 Å². The predicted molar refractivity (Wildman–Crippen MR) is 111 cm³/mol. The zero-order chi connectivity index (χ0) is 20.8. The largest absolute Gasteiger partial charge is 0.489 e. The first-order chi connectivity index (χ1) is 13.9. The molecule has 0 spiro atoms. The number of aryl methyl sites for hydroxylation is 1. The second-order valence-electron chi connectivity index (χ2n) is 7.26. The van der Waals surface area contributed by atoms with Crippen LogP contribution in [0.15, 0.2) is 42.5 Å². The van der Waals surface area contributed by atoms with Crippen LogP contribution in [0.25, 0.3) is 0 Å². The number of aliphatic carboxylic acids is 1. The number of aliphatic hydroxyl groups is 1. The molecule has 3 atom stereocenters. The maximum Gasteiger partial charge on any atom is 0.310 e. The van der Waals surface area contributed by atoms with Gasteiger partial charge in [0, 0.05) is 13.1 Å². The van der Waals surface area contributed by atoms with Gasteiger partial charge in [0.2, 0.25) is 0 Å². The van der Waals surface area contributed by atoms with E-state index in [4.69, 9.17) is 26.2 Å². The molecule has 2 aromatic carbocycles. The summed E-state index contributed by atoms with van der Waals surface area (Å²) in [4.78, 5) is 11.2. The zero-order valence-corrected chi connectivity index (χ0v) is 17.1. The molecule has 0 saturated carbocycles. The van der Waals surface area contributed by atoms with Gasteiger partial charge in [0.05, 0.1) is 10.9 Å². The fraction of sp³-hybridized carbons (Fsp3) is 0.409. The molecule has 156 valence electrons. The SMILES string of the molecule is CC(C(=O)O)c1ccc2c(c1)CC[C@H](CNC[C@H](O)COc1ccccc1Cl)O2. The van der Waals surface area contributed by atoms with E-state index in [1.54, 1.807) is 19.1 Å². The minimum Gasteiger partial charge on any atom is -0.489 e. The van der Waals surface area contributed by atoms with Crippen molar-refractivity contribution in [1.82, 2.24) is 5.32 Å². The van der Waals surface area contributed by atoms with E-state index in [-0.39, 0.29) is 12.7 Å². The molecule has 1 heterocycles. The van der Waals surface area contributed by atoms with Crippen LogP contribution in [0.5, 0.6) is 11.5 Å². The number of benzene rings is 2. The van der Waals surface area contributed by atoms with Crippen LogP contribution in [0.1, 0.15) is 30.4 Å². The summed E-state index contributed by atoms with van der Waals surface area (Å²) in [7, 11) is 0. The Morgan fingerprint density at radius 1 is 1.34 bits per heavy atom. The van der Waals surface area contributed by atoms with Crippen LogP contribution in [0.3, 0.4) is 0 Å². The van der Waals surface area contributed by atoms with Gasteiger partial charge in [-0.1, -0.05) is 35.9 Å². The molecule has 0 fully saturated rings. The molecular weight excluding hydrogens is 394 g/mol. The van der Waals surface area contributed by atoms with Crippen LogP contribution >= 0.6 is 11.6 Å². The molecule has 0 amide bonds. The molecule has 0 saturated heterocycles. The average Bonchev–Trinajstić information content (AvgIpc) is 2.72. The van der Waals surface area contributed by atoms with E-state index in [0.29, 0.717) is 23.9 Å². The van der Waals surface area contributed by atoms with Gasteiger partial charge in [-0.3, -0.25) is 4.79 Å². The van der Waals surface area contributed by atoms with Crippen molar-refractivity contribution in [1.29, 1.82) is 0 Å². The number of hydrogen-bond acceptors (Lipinski definition) is 5. The van der Waals surface area contributed by atoms with Crippen molar-refractivity contribution in [3.8, 4) is 11.5 Å². The van der Waals surface area contributed by atoms with Gasteiger partial charge in [-0.2, -0.15) is 0 Å². The highest BCUT2D eigenvalue weighted by molar-refractivity contribution is 6.32. The molecular formula is C22H26ClNO5. The lowest BCUT2D eigenvalue weighted by atomic mass is 9.94. The lowest BCUT2D eigenvalue weighted by molar-refractivity contribution is -0.138. The van der Waals surface area contributed by atoms with Crippen LogP contribution in [0.4, 0.5) is 0 Å². The summed E-state index contributed by atoms with van der Waals surface area (Å²) in [6.45, 7) is 2.82. The van der Waals surface area contributed by atoms with Crippen molar-refractivity contribution < 1.29 is 24.5 Å². The summed E-state index contributed by atoms with van der Waals surface area (Å²) >= 11 is 6.03. The second kappa shape index (κ2) is 9.96. The Bertz CT molecular complexity index is 844. The third-order valence-corrected chi connectivity index (χ3v) is 5.32. The summed E-state index contributed by atoms with van der Waals surface area (Å²) in [6.07, 6.45) is 1.00. The summed E-state index contributed by atoms with van der Waals surface area (Å²) < 4.78 is 11.6. The smallest absolute Gasteiger partial charge is 0.310 e. The highest BCUT2D eigenvalue weighted by atomic mass is 35.5. The Morgan fingerprint density at radius 3 is 2.90 bits per heavy atom. The Balaban J connectivity index is 1.42. The first-order valence-corrected chi connectivity index (χ1v) is 10.1. The van der Waals surface area contributed by atoms with Gasteiger partial charge in [-0.05, 0) is 49.1 Å². The van der Waals surface area contributed by atoms with Crippen molar-refractivity contribution in [2.75, 3.05) is 19.7 Å². The quantitative estimate of drug-likeness (QED) is 0.578. The summed E-state index contributed by atoms with van der Waals surface area (Å²) in [6, 6.07) is 12.7. The molecule has 0 radical (unpaired) electrons. The average molecular weight is 420 g/mol. The van der Waals surface area contributed by atoms with E-state index in [1.165, 1.54) is 0 Å². The van der Waals surface area contributed by atoms with Crippen molar-refractivity contribution in [2.24, 2.45) is 0 Å². The number of aliphatic hydroxyl groups excluding tert-OH is 1. The van der Waals surface area contributed by atoms with Gasteiger partial charge in [-0.15, -0.1) is 0 Å². The van der Waals surface area contributed by atoms with E-state index in [2.05, 4.69) is 5.32 Å². The number of carboxylic acids is 1. The highest BCUT2D eigenvalue weighted by Gasteiger charge is 2.22. The second-order valence-corrected chi connectivity index (χ2v) is 7.67. The minimum atomic E-state index is -0.833. The molecule has 7 heteroatoms. The van der Waals surface area contributed by atoms with Gasteiger partial charge in [-0.25, -0.2) is 0 Å². The molecule has 1 aliphatic rings. The third kappa shape index (κ3) is 5.85. The number of carbonyl (C=O) groups is 1. The van der Waals surface area contributed by atoms with Gasteiger partial charge in [0.15, 0.2) is 0 Å². The maximum atomic E-state index is 11.2. The van der Waals surface area contributed by atoms with Crippen molar-refractivity contribution in [3.05, 3.63) is 58.6 Å². The molecule has 1 aliphatic heterocycles. The number of fused-ring (bicyclic) bond motifs is 1. The minimum absolute atomic E-state index is 0.00179. The number of rotatable bonds is 9. The zero-order valence-electron chi connectivity index (χ0n) is 16.3. The Labute approximate surface area is 175 Å². The Kier molecular flexibility index (Phi) is 7.36. The molecule has 0 aromatic heterocycles. The van der Waals surface area contributed by atoms with Crippen molar-refractivity contribution in [2.45, 2.75) is 37.9 Å². The fourth-order valence-electron chi connectivity index (χ4n) is 3.24. The molecule has 3 rings (SSSR count). The van der Waals surface area contributed by atoms with Crippen LogP contribution in [0.2, 0.25) is 5.02 Å². The first kappa shape index (κ1) is 21.4. The van der Waals surface area contributed by atoms with E-state index < -0.39 is 18.0 Å². The van der Waals surface area contributed by atoms with E-state index in [0.717, 1.165) is 29.7 Å². The monoisotopic (exact) mass is 419 g/mol. The molecule has 2 aromatic rings. The van der Waals surface area contributed by atoms with Crippen LogP contribution < -0.4 is 14.8 Å². The lowest BCUT2D eigenvalue weighted by Crippen LogP contribution is -2.39. The number of para-hydroxylation sites is 1. The highest BCUT2D eigenvalue weighted by Crippen LogP contribution is 2.30. The maximum absolute atomic E-state index is 11.2. The molecule has 6 nitrogen and oxygen atoms in total. The summed E-state index contributed by atoms with van der Waals surface area (Å²) in [5.74, 6) is -0.0148. The van der Waals surface area contributed by atoms with Crippen LogP contribution in [0, 0.1) is 0 Å². The van der Waals surface area contributed by atoms with Gasteiger partial charge in [0.25, 0.3) is 0 Å². The van der Waals surface area contributed by atoms with Crippen molar-refractivity contribution in [3.63, 3.8) is 0 Å². The standard InChI is InChI=1S/C22H26ClNO5/c1-14(22(26)27)15-7-9-20-16(10-15)6-8-18(29-20)12-24-11-17(25)13-28-21-5-3-2-4-19(21)23/h2-5,7,9-10,14,17-18,24-25H,6,8,11-13H2,1H3,(H,26,27)/t14?,17-,18+/m0/s1. The number of halogens is 1. The number of ether oxygens (including phenoxy) is 2. The number of carboxylic acid groups (broad SMARTS) is 1. The van der Waals surface area contributed by atoms with Gasteiger partial charge >= 0.3 is 5.97 Å². The molecule has 29 heavy (non-hydrogen) atoms. The third-order valence-electron chi connectivity index (χ3n) is 5.00. The molecule has 0 aliphatic carbocycles. The number of hydrogen-bond donors (Lipinski definition) is 3. The lowest BCUT2D eigenvalue weighted by Gasteiger charge is -2.27. The number of nitrogens with one attached hydrogen (secondary N) is 1. The summed E-state index contributed by atoms with van der Waals surface area (Å²) in [5.41, 5.74) is 1.83. The van der Waals surface area contributed by atoms with E-state index in [1.807, 2.05) is 30.3 Å². The predicted octanol–water partition coefficient (Wildman–Crippen LogP) is 3.25. The van der Waals surface area contributed by atoms with E-state index >= 15 is 0 Å². The topological polar surface area (TPSA) is 88.0 Å². The Morgan fingerprint density at radius 2 is 2.14 bits per heavy atom. The van der Waals surface area contributed by atoms with Gasteiger partial charge in [0.1, 0.15) is 30.3 Å².